The Balaban J connectivity index is 1.28. The van der Waals surface area contributed by atoms with Gasteiger partial charge in [-0.1, -0.05) is 36.2 Å². The van der Waals surface area contributed by atoms with Crippen LogP contribution in [0.1, 0.15) is 36.0 Å². The summed E-state index contributed by atoms with van der Waals surface area (Å²) in [7, 11) is -3.47. The van der Waals surface area contributed by atoms with Crippen molar-refractivity contribution in [3.8, 4) is 5.75 Å². The van der Waals surface area contributed by atoms with Crippen LogP contribution >= 0.6 is 11.6 Å². The molecule has 34 heavy (non-hydrogen) atoms. The topological polar surface area (TPSA) is 83.0 Å². The first-order valence-electron chi connectivity index (χ1n) is 12.0. The number of aliphatic imine (C=N–C) groups is 1. The largest absolute Gasteiger partial charge is 0.492 e. The lowest BCUT2D eigenvalue weighted by atomic mass is 9.59. The van der Waals surface area contributed by atoms with E-state index in [1.165, 1.54) is 21.9 Å². The molecule has 2 aromatic rings. The Morgan fingerprint density at radius 2 is 1.88 bits per heavy atom. The quantitative estimate of drug-likeness (QED) is 0.544. The first-order chi connectivity index (χ1) is 16.5. The molecule has 1 saturated carbocycles. The highest BCUT2D eigenvalue weighted by Crippen LogP contribution is 2.48. The summed E-state index contributed by atoms with van der Waals surface area (Å²) in [6.07, 6.45) is 4.25. The Morgan fingerprint density at radius 1 is 1.12 bits per heavy atom. The third-order valence-corrected chi connectivity index (χ3v) is 8.98. The molecule has 182 valence electrons. The second-order valence-corrected chi connectivity index (χ2v) is 11.3. The molecule has 0 radical (unpaired) electrons. The van der Waals surface area contributed by atoms with Gasteiger partial charge in [-0.15, -0.1) is 0 Å². The summed E-state index contributed by atoms with van der Waals surface area (Å²) in [5.41, 5.74) is 4.78. The third-order valence-electron chi connectivity index (χ3n) is 7.12. The second-order valence-electron chi connectivity index (χ2n) is 9.14. The first kappa shape index (κ1) is 23.8. The highest BCUT2D eigenvalue weighted by Gasteiger charge is 2.45. The van der Waals surface area contributed by atoms with E-state index in [2.05, 4.69) is 34.3 Å². The fourth-order valence-electron chi connectivity index (χ4n) is 5.14. The standard InChI is InChI=1S/C25H31ClN4O3S/c26-21-5-3-20(4-6-21)25(9-1-10-25)24-23-18-22(7-2-19(23)8-11-28-24)33-17-14-29-34(31,32)30-15-12-27-13-16-30/h2-7,18,27,29H,1,8-17H2. The normalized spacial score (nSPS) is 20.2. The van der Waals surface area contributed by atoms with E-state index in [1.54, 1.807) is 0 Å². The van der Waals surface area contributed by atoms with Gasteiger partial charge in [-0.2, -0.15) is 17.4 Å². The van der Waals surface area contributed by atoms with Gasteiger partial charge in [0.2, 0.25) is 0 Å². The molecule has 0 amide bonds. The number of piperazine rings is 1. The van der Waals surface area contributed by atoms with E-state index in [0.29, 0.717) is 26.2 Å². The molecule has 2 fully saturated rings. The van der Waals surface area contributed by atoms with Crippen LogP contribution in [0.5, 0.6) is 5.75 Å². The van der Waals surface area contributed by atoms with Gasteiger partial charge in [-0.3, -0.25) is 4.99 Å². The fraction of sp³-hybridized carbons (Fsp3) is 0.480. The SMILES string of the molecule is O=S(=O)(NCCOc1ccc2c(c1)C(C1(c3ccc(Cl)cc3)CCC1)=NCC2)N1CCNCC1. The van der Waals surface area contributed by atoms with Crippen LogP contribution < -0.4 is 14.8 Å². The highest BCUT2D eigenvalue weighted by molar-refractivity contribution is 7.87. The van der Waals surface area contributed by atoms with Crippen molar-refractivity contribution in [2.75, 3.05) is 45.9 Å². The van der Waals surface area contributed by atoms with Crippen molar-refractivity contribution >= 4 is 27.5 Å². The van der Waals surface area contributed by atoms with Crippen LogP contribution in [0.15, 0.2) is 47.5 Å². The summed E-state index contributed by atoms with van der Waals surface area (Å²) in [5, 5.41) is 3.90. The molecule has 2 aliphatic heterocycles. The number of hydrogen-bond acceptors (Lipinski definition) is 5. The van der Waals surface area contributed by atoms with Gasteiger partial charge in [-0.25, -0.2) is 0 Å². The number of benzene rings is 2. The molecule has 0 unspecified atom stereocenters. The Hall–Kier alpha value is -1.97. The lowest BCUT2D eigenvalue weighted by Crippen LogP contribution is -2.51. The molecule has 0 atom stereocenters. The van der Waals surface area contributed by atoms with Crippen molar-refractivity contribution in [2.45, 2.75) is 31.1 Å². The Bertz CT molecular complexity index is 1160. The molecule has 2 N–H and O–H groups in total. The molecule has 9 heteroatoms. The van der Waals surface area contributed by atoms with Gasteiger partial charge < -0.3 is 10.1 Å². The molecule has 0 bridgehead atoms. The van der Waals surface area contributed by atoms with Crippen molar-refractivity contribution in [1.82, 2.24) is 14.3 Å². The molecule has 1 aliphatic carbocycles. The van der Waals surface area contributed by atoms with Gasteiger partial charge >= 0.3 is 0 Å². The summed E-state index contributed by atoms with van der Waals surface area (Å²) in [5.74, 6) is 0.736. The van der Waals surface area contributed by atoms with Crippen molar-refractivity contribution in [3.63, 3.8) is 0 Å². The average molecular weight is 503 g/mol. The molecular formula is C25H31ClN4O3S. The van der Waals surface area contributed by atoms with Crippen LogP contribution in [-0.4, -0.2) is 64.3 Å². The molecule has 2 heterocycles. The average Bonchev–Trinajstić information content (AvgIpc) is 2.83. The van der Waals surface area contributed by atoms with Gasteiger partial charge in [0.15, 0.2) is 0 Å². The fourth-order valence-corrected chi connectivity index (χ4v) is 6.46. The smallest absolute Gasteiger partial charge is 0.279 e. The van der Waals surface area contributed by atoms with Crippen LogP contribution in [0.3, 0.4) is 0 Å². The predicted octanol–water partition coefficient (Wildman–Crippen LogP) is 2.93. The van der Waals surface area contributed by atoms with E-state index in [4.69, 9.17) is 21.3 Å². The predicted molar refractivity (Wildman–Crippen MR) is 135 cm³/mol. The maximum absolute atomic E-state index is 12.4. The summed E-state index contributed by atoms with van der Waals surface area (Å²) < 4.78 is 35.0. The van der Waals surface area contributed by atoms with Crippen molar-refractivity contribution in [1.29, 1.82) is 0 Å². The molecule has 0 spiro atoms. The first-order valence-corrected chi connectivity index (χ1v) is 13.8. The minimum Gasteiger partial charge on any atom is -0.492 e. The van der Waals surface area contributed by atoms with E-state index in [9.17, 15) is 8.42 Å². The summed E-state index contributed by atoms with van der Waals surface area (Å²) in [6.45, 7) is 3.60. The molecule has 3 aliphatic rings. The lowest BCUT2D eigenvalue weighted by Gasteiger charge is -2.45. The van der Waals surface area contributed by atoms with E-state index in [-0.39, 0.29) is 18.6 Å². The zero-order chi connectivity index (χ0) is 23.6. The molecule has 0 aromatic heterocycles. The third kappa shape index (κ3) is 4.75. The zero-order valence-electron chi connectivity index (χ0n) is 19.2. The summed E-state index contributed by atoms with van der Waals surface area (Å²) in [4.78, 5) is 5.01. The number of fused-ring (bicyclic) bond motifs is 1. The van der Waals surface area contributed by atoms with Crippen LogP contribution in [-0.2, 0) is 22.0 Å². The minimum atomic E-state index is -3.47. The molecular weight excluding hydrogens is 472 g/mol. The molecule has 2 aromatic carbocycles. The van der Waals surface area contributed by atoms with E-state index in [1.807, 2.05) is 18.2 Å². The van der Waals surface area contributed by atoms with Crippen molar-refractivity contribution in [3.05, 3.63) is 64.2 Å². The van der Waals surface area contributed by atoms with Crippen molar-refractivity contribution in [2.24, 2.45) is 4.99 Å². The van der Waals surface area contributed by atoms with Crippen LogP contribution in [0.2, 0.25) is 5.02 Å². The number of nitrogens with one attached hydrogen (secondary N) is 2. The summed E-state index contributed by atoms with van der Waals surface area (Å²) >= 11 is 6.15. The number of nitrogens with zero attached hydrogens (tertiary/aromatic N) is 2. The van der Waals surface area contributed by atoms with Gasteiger partial charge in [0, 0.05) is 55.3 Å². The van der Waals surface area contributed by atoms with Crippen LogP contribution in [0, 0.1) is 0 Å². The van der Waals surface area contributed by atoms with Gasteiger partial charge in [0.1, 0.15) is 12.4 Å². The Kier molecular flexibility index (Phi) is 6.95. The number of ether oxygens (including phenoxy) is 1. The van der Waals surface area contributed by atoms with Crippen LogP contribution in [0.4, 0.5) is 0 Å². The maximum atomic E-state index is 12.4. The maximum Gasteiger partial charge on any atom is 0.279 e. The summed E-state index contributed by atoms with van der Waals surface area (Å²) in [6, 6.07) is 14.4. The molecule has 7 nitrogen and oxygen atoms in total. The monoisotopic (exact) mass is 502 g/mol. The Labute approximate surface area is 206 Å². The van der Waals surface area contributed by atoms with Gasteiger partial charge in [-0.05, 0) is 54.7 Å². The van der Waals surface area contributed by atoms with Crippen molar-refractivity contribution < 1.29 is 13.2 Å². The van der Waals surface area contributed by atoms with Gasteiger partial charge in [0.25, 0.3) is 10.2 Å². The van der Waals surface area contributed by atoms with E-state index >= 15 is 0 Å². The lowest BCUT2D eigenvalue weighted by molar-refractivity contribution is 0.315. The number of rotatable bonds is 8. The molecule has 1 saturated heterocycles. The van der Waals surface area contributed by atoms with Crippen LogP contribution in [0.25, 0.3) is 0 Å². The highest BCUT2D eigenvalue weighted by atomic mass is 35.5. The zero-order valence-corrected chi connectivity index (χ0v) is 20.8. The van der Waals surface area contributed by atoms with Gasteiger partial charge in [0.05, 0.1) is 5.71 Å². The van der Waals surface area contributed by atoms with E-state index < -0.39 is 10.2 Å². The molecule has 5 rings (SSSR count). The number of halogens is 1. The van der Waals surface area contributed by atoms with E-state index in [0.717, 1.165) is 47.9 Å². The second kappa shape index (κ2) is 9.95. The number of hydrogen-bond donors (Lipinski definition) is 2. The Morgan fingerprint density at radius 3 is 2.59 bits per heavy atom. The minimum absolute atomic E-state index is 0.0721.